The minimum Gasteiger partial charge on any atom is -0.465 e. The average Bonchev–Trinajstić information content (AvgIpc) is 2.60. The third kappa shape index (κ3) is 4.67. The smallest absolute Gasteiger partial charge is 0.416 e. The number of alkyl halides is 3. The van der Waals surface area contributed by atoms with Crippen LogP contribution in [-0.2, 0) is 20.9 Å². The molecule has 0 saturated heterocycles. The highest BCUT2D eigenvalue weighted by atomic mass is 32.2. The van der Waals surface area contributed by atoms with Crippen molar-refractivity contribution in [3.63, 3.8) is 0 Å². The van der Waals surface area contributed by atoms with Gasteiger partial charge < -0.3 is 4.74 Å². The van der Waals surface area contributed by atoms with Crippen molar-refractivity contribution in [3.05, 3.63) is 64.7 Å². The Hall–Kier alpha value is -2.39. The number of sulfonamides is 1. The molecule has 1 N–H and O–H groups in total. The lowest BCUT2D eigenvalue weighted by Crippen LogP contribution is -2.28. The fraction of sp³-hybridized carbons (Fsp3) is 0.278. The molecule has 0 heterocycles. The first-order chi connectivity index (χ1) is 12.5. The maximum Gasteiger partial charge on any atom is 0.416 e. The molecule has 0 aliphatic heterocycles. The molecule has 0 aromatic heterocycles. The molecule has 0 aliphatic carbocycles. The van der Waals surface area contributed by atoms with Crippen molar-refractivity contribution < 1.29 is 31.1 Å². The Kier molecular flexibility index (Phi) is 5.96. The largest absolute Gasteiger partial charge is 0.465 e. The van der Waals surface area contributed by atoms with Crippen LogP contribution in [0.2, 0.25) is 0 Å². The van der Waals surface area contributed by atoms with E-state index in [2.05, 4.69) is 9.46 Å². The molecule has 146 valence electrons. The molecule has 2 rings (SSSR count). The van der Waals surface area contributed by atoms with E-state index in [1.807, 2.05) is 0 Å². The maximum atomic E-state index is 12.9. The van der Waals surface area contributed by atoms with Gasteiger partial charge in [0.2, 0.25) is 10.0 Å². The topological polar surface area (TPSA) is 72.5 Å². The number of ether oxygens (including phenoxy) is 1. The molecule has 0 saturated carbocycles. The SMILES string of the molecule is COC(=O)c1cccc(S(=O)(=O)NC(C)c2cccc(C(F)(F)F)c2)c1C. The Bertz CT molecular complexity index is 955. The molecule has 2 aromatic rings. The predicted molar refractivity (Wildman–Crippen MR) is 92.7 cm³/mol. The first-order valence-corrected chi connectivity index (χ1v) is 9.33. The number of carbonyl (C=O) groups excluding carboxylic acids is 1. The van der Waals surface area contributed by atoms with Crippen molar-refractivity contribution in [1.82, 2.24) is 4.72 Å². The van der Waals surface area contributed by atoms with Gasteiger partial charge in [0, 0.05) is 6.04 Å². The summed E-state index contributed by atoms with van der Waals surface area (Å²) in [5.74, 6) is -0.685. The Labute approximate surface area is 155 Å². The van der Waals surface area contributed by atoms with Crippen molar-refractivity contribution in [3.8, 4) is 0 Å². The van der Waals surface area contributed by atoms with Crippen molar-refractivity contribution in [2.45, 2.75) is 31.0 Å². The normalized spacial score (nSPS) is 13.3. The molecule has 0 fully saturated rings. The van der Waals surface area contributed by atoms with Gasteiger partial charge in [-0.15, -0.1) is 0 Å². The van der Waals surface area contributed by atoms with E-state index < -0.39 is 33.8 Å². The number of rotatable bonds is 5. The van der Waals surface area contributed by atoms with Gasteiger partial charge in [0.1, 0.15) is 0 Å². The highest BCUT2D eigenvalue weighted by Gasteiger charge is 2.31. The van der Waals surface area contributed by atoms with Crippen molar-refractivity contribution >= 4 is 16.0 Å². The standard InChI is InChI=1S/C18H18F3NO4S/c1-11-15(17(23)26-3)8-5-9-16(11)27(24,25)22-12(2)13-6-4-7-14(10-13)18(19,20)21/h4-10,12,22H,1-3H3. The van der Waals surface area contributed by atoms with E-state index in [0.29, 0.717) is 0 Å². The van der Waals surface area contributed by atoms with E-state index in [-0.39, 0.29) is 21.6 Å². The van der Waals surface area contributed by atoms with Gasteiger partial charge in [-0.1, -0.05) is 18.2 Å². The van der Waals surface area contributed by atoms with Crippen LogP contribution in [0.25, 0.3) is 0 Å². The minimum absolute atomic E-state index is 0.0899. The maximum absolute atomic E-state index is 12.9. The summed E-state index contributed by atoms with van der Waals surface area (Å²) in [7, 11) is -2.91. The van der Waals surface area contributed by atoms with Gasteiger partial charge in [-0.25, -0.2) is 17.9 Å². The zero-order valence-electron chi connectivity index (χ0n) is 14.8. The lowest BCUT2D eigenvalue weighted by molar-refractivity contribution is -0.137. The zero-order valence-corrected chi connectivity index (χ0v) is 15.6. The number of halogens is 3. The molecule has 1 unspecified atom stereocenters. The van der Waals surface area contributed by atoms with Crippen LogP contribution in [0.15, 0.2) is 47.4 Å². The quantitative estimate of drug-likeness (QED) is 0.773. The number of hydrogen-bond acceptors (Lipinski definition) is 4. The molecule has 1 atom stereocenters. The van der Waals surface area contributed by atoms with Crippen LogP contribution < -0.4 is 4.72 Å². The molecule has 0 aliphatic rings. The number of carbonyl (C=O) groups is 1. The zero-order chi connectivity index (χ0) is 20.4. The van der Waals surface area contributed by atoms with Crippen LogP contribution in [0.4, 0.5) is 13.2 Å². The highest BCUT2D eigenvalue weighted by molar-refractivity contribution is 7.89. The molecular formula is C18H18F3NO4S. The van der Waals surface area contributed by atoms with Gasteiger partial charge in [0.15, 0.2) is 0 Å². The summed E-state index contributed by atoms with van der Waals surface area (Å²) < 4.78 is 70.9. The fourth-order valence-corrected chi connectivity index (χ4v) is 4.08. The van der Waals surface area contributed by atoms with Gasteiger partial charge in [0.05, 0.1) is 23.1 Å². The van der Waals surface area contributed by atoms with Crippen molar-refractivity contribution in [2.75, 3.05) is 7.11 Å². The van der Waals surface area contributed by atoms with Gasteiger partial charge in [-0.2, -0.15) is 13.2 Å². The summed E-state index contributed by atoms with van der Waals surface area (Å²) in [5.41, 5.74) is -0.426. The number of benzene rings is 2. The van der Waals surface area contributed by atoms with E-state index >= 15 is 0 Å². The average molecular weight is 401 g/mol. The number of esters is 1. The van der Waals surface area contributed by atoms with Crippen LogP contribution in [0.1, 0.15) is 40.0 Å². The van der Waals surface area contributed by atoms with Crippen molar-refractivity contribution in [2.24, 2.45) is 0 Å². The molecule has 0 radical (unpaired) electrons. The van der Waals surface area contributed by atoms with Gasteiger partial charge in [-0.3, -0.25) is 0 Å². The lowest BCUT2D eigenvalue weighted by Gasteiger charge is -2.18. The lowest BCUT2D eigenvalue weighted by atomic mass is 10.1. The number of hydrogen-bond donors (Lipinski definition) is 1. The summed E-state index contributed by atoms with van der Waals surface area (Å²) in [6.45, 7) is 2.89. The fourth-order valence-electron chi connectivity index (χ4n) is 2.59. The Morgan fingerprint density at radius 3 is 2.37 bits per heavy atom. The minimum atomic E-state index is -4.53. The molecule has 0 bridgehead atoms. The molecule has 0 amide bonds. The first kappa shape index (κ1) is 20.9. The summed E-state index contributed by atoms with van der Waals surface area (Å²) >= 11 is 0. The van der Waals surface area contributed by atoms with Gasteiger partial charge in [-0.05, 0) is 49.2 Å². The van der Waals surface area contributed by atoms with E-state index in [1.165, 1.54) is 51.3 Å². The van der Waals surface area contributed by atoms with Gasteiger partial charge in [0.25, 0.3) is 0 Å². The van der Waals surface area contributed by atoms with E-state index in [4.69, 9.17) is 0 Å². The Morgan fingerprint density at radius 2 is 1.78 bits per heavy atom. The van der Waals surface area contributed by atoms with E-state index in [0.717, 1.165) is 12.1 Å². The van der Waals surface area contributed by atoms with Crippen molar-refractivity contribution in [1.29, 1.82) is 0 Å². The first-order valence-electron chi connectivity index (χ1n) is 7.85. The van der Waals surface area contributed by atoms with Crippen LogP contribution in [0.3, 0.4) is 0 Å². The predicted octanol–water partition coefficient (Wildman–Crippen LogP) is 3.84. The van der Waals surface area contributed by atoms with E-state index in [1.54, 1.807) is 0 Å². The van der Waals surface area contributed by atoms with Crippen LogP contribution >= 0.6 is 0 Å². The third-order valence-electron chi connectivity index (χ3n) is 4.02. The second kappa shape index (κ2) is 7.69. The molecule has 9 heteroatoms. The molecular weight excluding hydrogens is 383 g/mol. The number of methoxy groups -OCH3 is 1. The second-order valence-electron chi connectivity index (χ2n) is 5.89. The van der Waals surface area contributed by atoms with Gasteiger partial charge >= 0.3 is 12.1 Å². The summed E-state index contributed by atoms with van der Waals surface area (Å²) in [5, 5.41) is 0. The van der Waals surface area contributed by atoms with E-state index in [9.17, 15) is 26.4 Å². The van der Waals surface area contributed by atoms with Crippen LogP contribution in [0, 0.1) is 6.92 Å². The number of nitrogens with one attached hydrogen (secondary N) is 1. The summed E-state index contributed by atoms with van der Waals surface area (Å²) in [6, 6.07) is 7.63. The highest BCUT2D eigenvalue weighted by Crippen LogP contribution is 2.31. The Balaban J connectivity index is 2.36. The summed E-state index contributed by atoms with van der Waals surface area (Å²) in [6.07, 6.45) is -4.53. The Morgan fingerprint density at radius 1 is 1.15 bits per heavy atom. The molecule has 5 nitrogen and oxygen atoms in total. The third-order valence-corrected chi connectivity index (χ3v) is 5.71. The molecule has 0 spiro atoms. The monoisotopic (exact) mass is 401 g/mol. The van der Waals surface area contributed by atoms with Crippen LogP contribution in [0.5, 0.6) is 0 Å². The molecule has 2 aromatic carbocycles. The summed E-state index contributed by atoms with van der Waals surface area (Å²) in [4.78, 5) is 11.6. The molecule has 27 heavy (non-hydrogen) atoms. The van der Waals surface area contributed by atoms with Crippen LogP contribution in [-0.4, -0.2) is 21.5 Å². The second-order valence-corrected chi connectivity index (χ2v) is 7.57.